The fourth-order valence-corrected chi connectivity index (χ4v) is 3.63. The average Bonchev–Trinajstić information content (AvgIpc) is 2.67. The Bertz CT molecular complexity index is 849. The number of nitrogens with one attached hydrogen (secondary N) is 1. The van der Waals surface area contributed by atoms with E-state index in [2.05, 4.69) is 5.32 Å². The molecule has 2 rings (SSSR count). The Hall–Kier alpha value is -2.41. The van der Waals surface area contributed by atoms with Gasteiger partial charge in [-0.1, -0.05) is 24.3 Å². The first-order chi connectivity index (χ1) is 14.0. The number of hydrogen-bond donors (Lipinski definition) is 1. The number of benzene rings is 2. The molecule has 1 N–H and O–H groups in total. The lowest BCUT2D eigenvalue weighted by Gasteiger charge is -2.31. The highest BCUT2D eigenvalue weighted by Crippen LogP contribution is 2.17. The molecule has 0 aliphatic heterocycles. The van der Waals surface area contributed by atoms with Gasteiger partial charge in [-0.15, -0.1) is 11.8 Å². The van der Waals surface area contributed by atoms with Crippen molar-refractivity contribution in [3.63, 3.8) is 0 Å². The molecule has 0 spiro atoms. The standard InChI is InChI=1S/C23H28F2N2O2S/c1-16(22(29)26-23(2,3)4)27(13-17-5-9-19(24)10-6-17)21(28)15-30-14-18-7-11-20(25)12-8-18/h5-12,16H,13-15H2,1-4H3,(H,26,29)/t16-/m0/s1. The Balaban J connectivity index is 2.08. The van der Waals surface area contributed by atoms with Gasteiger partial charge in [0.2, 0.25) is 11.8 Å². The van der Waals surface area contributed by atoms with Gasteiger partial charge in [-0.2, -0.15) is 0 Å². The van der Waals surface area contributed by atoms with Crippen molar-refractivity contribution in [2.45, 2.75) is 51.6 Å². The molecule has 2 amide bonds. The van der Waals surface area contributed by atoms with Crippen molar-refractivity contribution in [1.82, 2.24) is 10.2 Å². The summed E-state index contributed by atoms with van der Waals surface area (Å²) < 4.78 is 26.3. The quantitative estimate of drug-likeness (QED) is 0.664. The maximum absolute atomic E-state index is 13.2. The predicted octanol–water partition coefficient (Wildman–Crippen LogP) is 4.53. The molecule has 0 aliphatic rings. The van der Waals surface area contributed by atoms with E-state index in [0.717, 1.165) is 11.1 Å². The summed E-state index contributed by atoms with van der Waals surface area (Å²) >= 11 is 1.40. The van der Waals surface area contributed by atoms with Crippen LogP contribution in [0.5, 0.6) is 0 Å². The average molecular weight is 435 g/mol. The SMILES string of the molecule is C[C@@H](C(=O)NC(C)(C)C)N(Cc1ccc(F)cc1)C(=O)CSCc1ccc(F)cc1. The van der Waals surface area contributed by atoms with Gasteiger partial charge in [-0.3, -0.25) is 9.59 Å². The lowest BCUT2D eigenvalue weighted by Crippen LogP contribution is -2.52. The molecule has 4 nitrogen and oxygen atoms in total. The minimum Gasteiger partial charge on any atom is -0.350 e. The third kappa shape index (κ3) is 7.78. The second kappa shape index (κ2) is 10.6. The number of hydrogen-bond acceptors (Lipinski definition) is 3. The number of carbonyl (C=O) groups is 2. The topological polar surface area (TPSA) is 49.4 Å². The zero-order valence-corrected chi connectivity index (χ0v) is 18.6. The number of carbonyl (C=O) groups excluding carboxylic acids is 2. The van der Waals surface area contributed by atoms with E-state index in [1.54, 1.807) is 31.2 Å². The molecule has 0 aromatic heterocycles. The van der Waals surface area contributed by atoms with Crippen LogP contribution >= 0.6 is 11.8 Å². The van der Waals surface area contributed by atoms with Crippen LogP contribution in [0.3, 0.4) is 0 Å². The van der Waals surface area contributed by atoms with Crippen LogP contribution in [0.15, 0.2) is 48.5 Å². The smallest absolute Gasteiger partial charge is 0.242 e. The summed E-state index contributed by atoms with van der Waals surface area (Å²) in [5.41, 5.74) is 1.23. The lowest BCUT2D eigenvalue weighted by molar-refractivity contribution is -0.139. The van der Waals surface area contributed by atoms with E-state index in [-0.39, 0.29) is 35.7 Å². The van der Waals surface area contributed by atoms with E-state index in [9.17, 15) is 18.4 Å². The Morgan fingerprint density at radius 2 is 1.47 bits per heavy atom. The highest BCUT2D eigenvalue weighted by Gasteiger charge is 2.28. The van der Waals surface area contributed by atoms with Crippen molar-refractivity contribution in [3.8, 4) is 0 Å². The summed E-state index contributed by atoms with van der Waals surface area (Å²) in [6.45, 7) is 7.52. The molecule has 0 bridgehead atoms. The number of halogens is 2. The van der Waals surface area contributed by atoms with E-state index in [4.69, 9.17) is 0 Å². The van der Waals surface area contributed by atoms with Crippen molar-refractivity contribution in [3.05, 3.63) is 71.3 Å². The van der Waals surface area contributed by atoms with Crippen LogP contribution in [-0.2, 0) is 21.9 Å². The van der Waals surface area contributed by atoms with Gasteiger partial charge in [0, 0.05) is 17.8 Å². The van der Waals surface area contributed by atoms with Gasteiger partial charge in [0.15, 0.2) is 0 Å². The fraction of sp³-hybridized carbons (Fsp3) is 0.391. The summed E-state index contributed by atoms with van der Waals surface area (Å²) in [5, 5.41) is 2.90. The molecule has 0 radical (unpaired) electrons. The first-order valence-corrected chi connectivity index (χ1v) is 10.9. The normalized spacial score (nSPS) is 12.3. The highest BCUT2D eigenvalue weighted by molar-refractivity contribution is 7.99. The number of amides is 2. The molecule has 0 aliphatic carbocycles. The Labute approximate surface area is 181 Å². The largest absolute Gasteiger partial charge is 0.350 e. The maximum atomic E-state index is 13.2. The van der Waals surface area contributed by atoms with E-state index in [0.29, 0.717) is 5.75 Å². The molecule has 2 aromatic carbocycles. The Kier molecular flexibility index (Phi) is 8.41. The summed E-state index contributed by atoms with van der Waals surface area (Å²) in [5.74, 6) is -0.372. The molecule has 162 valence electrons. The number of thioether (sulfide) groups is 1. The van der Waals surface area contributed by atoms with Gasteiger partial charge in [-0.05, 0) is 63.1 Å². The van der Waals surface area contributed by atoms with Crippen molar-refractivity contribution < 1.29 is 18.4 Å². The molecule has 0 saturated carbocycles. The first-order valence-electron chi connectivity index (χ1n) is 9.73. The van der Waals surface area contributed by atoms with Gasteiger partial charge in [-0.25, -0.2) is 8.78 Å². The molecule has 30 heavy (non-hydrogen) atoms. The molecule has 0 heterocycles. The van der Waals surface area contributed by atoms with Crippen LogP contribution in [0, 0.1) is 11.6 Å². The van der Waals surface area contributed by atoms with Gasteiger partial charge in [0.05, 0.1) is 5.75 Å². The first kappa shape index (κ1) is 23.9. The minimum absolute atomic E-state index is 0.172. The summed E-state index contributed by atoms with van der Waals surface area (Å²) in [4.78, 5) is 27.1. The van der Waals surface area contributed by atoms with Gasteiger partial charge in [0.1, 0.15) is 17.7 Å². The van der Waals surface area contributed by atoms with Crippen LogP contribution in [0.1, 0.15) is 38.8 Å². The van der Waals surface area contributed by atoms with Crippen LogP contribution < -0.4 is 5.32 Å². The number of nitrogens with zero attached hydrogens (tertiary/aromatic N) is 1. The zero-order chi connectivity index (χ0) is 22.3. The summed E-state index contributed by atoms with van der Waals surface area (Å²) in [6, 6.07) is 11.3. The van der Waals surface area contributed by atoms with E-state index >= 15 is 0 Å². The Morgan fingerprint density at radius 3 is 1.97 bits per heavy atom. The lowest BCUT2D eigenvalue weighted by atomic mass is 10.1. The van der Waals surface area contributed by atoms with Crippen LogP contribution in [0.4, 0.5) is 8.78 Å². The second-order valence-corrected chi connectivity index (χ2v) is 9.17. The maximum Gasteiger partial charge on any atom is 0.242 e. The molecule has 1 atom stereocenters. The molecular formula is C23H28F2N2O2S. The summed E-state index contributed by atoms with van der Waals surface area (Å²) in [7, 11) is 0. The molecule has 7 heteroatoms. The predicted molar refractivity (Wildman–Crippen MR) is 117 cm³/mol. The molecule has 2 aromatic rings. The van der Waals surface area contributed by atoms with Crippen LogP contribution in [0.25, 0.3) is 0 Å². The van der Waals surface area contributed by atoms with Gasteiger partial charge >= 0.3 is 0 Å². The van der Waals surface area contributed by atoms with Gasteiger partial charge in [0.25, 0.3) is 0 Å². The van der Waals surface area contributed by atoms with Crippen molar-refractivity contribution in [1.29, 1.82) is 0 Å². The summed E-state index contributed by atoms with van der Waals surface area (Å²) in [6.07, 6.45) is 0. The Morgan fingerprint density at radius 1 is 0.967 bits per heavy atom. The van der Waals surface area contributed by atoms with Crippen molar-refractivity contribution in [2.24, 2.45) is 0 Å². The van der Waals surface area contributed by atoms with E-state index in [1.807, 2.05) is 20.8 Å². The van der Waals surface area contributed by atoms with E-state index < -0.39 is 11.6 Å². The monoisotopic (exact) mass is 434 g/mol. The van der Waals surface area contributed by atoms with E-state index in [1.165, 1.54) is 40.9 Å². The highest BCUT2D eigenvalue weighted by atomic mass is 32.2. The zero-order valence-electron chi connectivity index (χ0n) is 17.7. The molecule has 0 saturated heterocycles. The molecular weight excluding hydrogens is 406 g/mol. The molecule has 0 unspecified atom stereocenters. The number of rotatable bonds is 8. The van der Waals surface area contributed by atoms with Crippen molar-refractivity contribution >= 4 is 23.6 Å². The third-order valence-electron chi connectivity index (χ3n) is 4.34. The second-order valence-electron chi connectivity index (χ2n) is 8.18. The van der Waals surface area contributed by atoms with Crippen molar-refractivity contribution in [2.75, 3.05) is 5.75 Å². The van der Waals surface area contributed by atoms with Gasteiger partial charge < -0.3 is 10.2 Å². The molecule has 0 fully saturated rings. The minimum atomic E-state index is -0.687. The fourth-order valence-electron chi connectivity index (χ4n) is 2.76. The van der Waals surface area contributed by atoms with Crippen LogP contribution in [-0.4, -0.2) is 34.0 Å². The van der Waals surface area contributed by atoms with Crippen LogP contribution in [0.2, 0.25) is 0 Å². The third-order valence-corrected chi connectivity index (χ3v) is 5.33.